The molecule has 0 aliphatic carbocycles. The van der Waals surface area contributed by atoms with Gasteiger partial charge in [-0.2, -0.15) is 0 Å². The molecular formula is C20H26N2O5S2. The van der Waals surface area contributed by atoms with Gasteiger partial charge in [0.05, 0.1) is 37.8 Å². The molecule has 1 aromatic heterocycles. The van der Waals surface area contributed by atoms with Crippen molar-refractivity contribution in [1.82, 2.24) is 9.88 Å². The minimum absolute atomic E-state index is 0.0622. The Balaban J connectivity index is 1.74. The van der Waals surface area contributed by atoms with E-state index < -0.39 is 9.84 Å². The molecule has 0 N–H and O–H groups in total. The van der Waals surface area contributed by atoms with E-state index in [2.05, 4.69) is 4.98 Å². The average molecular weight is 439 g/mol. The molecule has 0 bridgehead atoms. The summed E-state index contributed by atoms with van der Waals surface area (Å²) >= 11 is 1.46. The largest absolute Gasteiger partial charge is 0.493 e. The number of hydrogen-bond acceptors (Lipinski definition) is 7. The van der Waals surface area contributed by atoms with Crippen molar-refractivity contribution in [2.45, 2.75) is 32.2 Å². The van der Waals surface area contributed by atoms with Gasteiger partial charge >= 0.3 is 0 Å². The van der Waals surface area contributed by atoms with Crippen LogP contribution < -0.4 is 9.47 Å². The Morgan fingerprint density at radius 2 is 2.03 bits per heavy atom. The molecule has 0 radical (unpaired) electrons. The maximum atomic E-state index is 12.9. The number of sulfone groups is 1. The minimum Gasteiger partial charge on any atom is -0.493 e. The topological polar surface area (TPSA) is 85.8 Å². The van der Waals surface area contributed by atoms with E-state index in [0.717, 1.165) is 17.0 Å². The van der Waals surface area contributed by atoms with E-state index in [9.17, 15) is 13.2 Å². The van der Waals surface area contributed by atoms with Crippen molar-refractivity contribution in [3.05, 3.63) is 29.3 Å². The zero-order valence-corrected chi connectivity index (χ0v) is 18.5. The van der Waals surface area contributed by atoms with Crippen molar-refractivity contribution in [3.63, 3.8) is 0 Å². The fourth-order valence-corrected chi connectivity index (χ4v) is 6.07. The molecule has 1 aliphatic heterocycles. The fraction of sp³-hybridized carbons (Fsp3) is 0.500. The quantitative estimate of drug-likeness (QED) is 0.630. The van der Waals surface area contributed by atoms with Crippen LogP contribution in [0, 0.1) is 0 Å². The lowest BCUT2D eigenvalue weighted by atomic mass is 10.1. The van der Waals surface area contributed by atoms with Gasteiger partial charge in [0, 0.05) is 23.5 Å². The van der Waals surface area contributed by atoms with E-state index in [1.165, 1.54) is 11.3 Å². The van der Waals surface area contributed by atoms with Crippen LogP contribution in [0.25, 0.3) is 10.6 Å². The highest BCUT2D eigenvalue weighted by Gasteiger charge is 2.34. The smallest absolute Gasteiger partial charge is 0.228 e. The normalized spacial score (nSPS) is 17.8. The van der Waals surface area contributed by atoms with Crippen LogP contribution >= 0.6 is 11.3 Å². The van der Waals surface area contributed by atoms with Crippen molar-refractivity contribution < 1.29 is 22.7 Å². The third kappa shape index (κ3) is 5.08. The van der Waals surface area contributed by atoms with Crippen molar-refractivity contribution in [1.29, 1.82) is 0 Å². The average Bonchev–Trinajstić information content (AvgIpc) is 3.31. The van der Waals surface area contributed by atoms with Gasteiger partial charge in [0.2, 0.25) is 5.91 Å². The fourth-order valence-electron chi connectivity index (χ4n) is 3.52. The summed E-state index contributed by atoms with van der Waals surface area (Å²) in [5.74, 6) is 1.41. The number of benzene rings is 1. The molecule has 2 heterocycles. The monoisotopic (exact) mass is 438 g/mol. The number of aromatic nitrogens is 1. The third-order valence-electron chi connectivity index (χ3n) is 4.95. The lowest BCUT2D eigenvalue weighted by Gasteiger charge is -2.27. The number of carbonyl (C=O) groups is 1. The Morgan fingerprint density at radius 3 is 2.66 bits per heavy atom. The molecular weight excluding hydrogens is 412 g/mol. The van der Waals surface area contributed by atoms with Crippen LogP contribution in [0.5, 0.6) is 11.5 Å². The molecule has 1 atom stereocenters. The molecule has 7 nitrogen and oxygen atoms in total. The number of ether oxygens (including phenoxy) is 2. The first-order chi connectivity index (χ1) is 13.9. The summed E-state index contributed by atoms with van der Waals surface area (Å²) in [6.07, 6.45) is 1.47. The first-order valence-electron chi connectivity index (χ1n) is 9.53. The summed E-state index contributed by atoms with van der Waals surface area (Å²) in [6.45, 7) is 2.55. The van der Waals surface area contributed by atoms with Crippen molar-refractivity contribution in [3.8, 4) is 22.1 Å². The van der Waals surface area contributed by atoms with Gasteiger partial charge in [-0.25, -0.2) is 13.4 Å². The Bertz CT molecular complexity index is 971. The lowest BCUT2D eigenvalue weighted by molar-refractivity contribution is -0.132. The van der Waals surface area contributed by atoms with Crippen LogP contribution in [0.1, 0.15) is 25.5 Å². The molecule has 3 rings (SSSR count). The van der Waals surface area contributed by atoms with Gasteiger partial charge in [0.15, 0.2) is 21.3 Å². The predicted molar refractivity (Wildman–Crippen MR) is 113 cm³/mol. The van der Waals surface area contributed by atoms with Crippen molar-refractivity contribution in [2.75, 3.05) is 32.3 Å². The molecule has 9 heteroatoms. The van der Waals surface area contributed by atoms with E-state index in [4.69, 9.17) is 9.47 Å². The van der Waals surface area contributed by atoms with Crippen LogP contribution in [-0.2, 0) is 21.1 Å². The molecule has 0 saturated carbocycles. The van der Waals surface area contributed by atoms with Gasteiger partial charge in [0.1, 0.15) is 5.01 Å². The van der Waals surface area contributed by atoms with E-state index in [-0.39, 0.29) is 29.9 Å². The summed E-state index contributed by atoms with van der Waals surface area (Å²) in [6, 6.07) is 5.36. The zero-order valence-electron chi connectivity index (χ0n) is 16.9. The van der Waals surface area contributed by atoms with Gasteiger partial charge in [-0.15, -0.1) is 11.3 Å². The number of methoxy groups -OCH3 is 2. The molecule has 2 aromatic rings. The van der Waals surface area contributed by atoms with E-state index in [1.807, 2.05) is 30.5 Å². The zero-order chi connectivity index (χ0) is 21.0. The molecule has 158 valence electrons. The molecule has 29 heavy (non-hydrogen) atoms. The number of amides is 1. The second kappa shape index (κ2) is 9.13. The van der Waals surface area contributed by atoms with E-state index in [0.29, 0.717) is 30.2 Å². The summed E-state index contributed by atoms with van der Waals surface area (Å²) < 4.78 is 34.2. The first kappa shape index (κ1) is 21.6. The van der Waals surface area contributed by atoms with Crippen LogP contribution in [0.15, 0.2) is 23.6 Å². The number of rotatable bonds is 8. The summed E-state index contributed by atoms with van der Waals surface area (Å²) in [5.41, 5.74) is 1.57. The maximum Gasteiger partial charge on any atom is 0.228 e. The van der Waals surface area contributed by atoms with E-state index in [1.54, 1.807) is 19.1 Å². The van der Waals surface area contributed by atoms with Gasteiger partial charge in [-0.3, -0.25) is 4.79 Å². The number of thiazole rings is 1. The molecule has 0 unspecified atom stereocenters. The third-order valence-corrected chi connectivity index (χ3v) is 7.64. The Labute approximate surface area is 175 Å². The standard InChI is InChI=1S/C20H26N2O5S2/c1-4-8-22(16-7-9-29(24,25)13-16)19(23)11-15-12-28-20(21-15)14-5-6-17(26-2)18(10-14)27-3/h5-6,10,12,16H,4,7-9,11,13H2,1-3H3/t16-/m0/s1. The molecule has 1 aliphatic rings. The number of carbonyl (C=O) groups excluding carboxylic acids is 1. The summed E-state index contributed by atoms with van der Waals surface area (Å²) in [4.78, 5) is 19.2. The predicted octanol–water partition coefficient (Wildman–Crippen LogP) is 2.80. The van der Waals surface area contributed by atoms with Crippen LogP contribution in [0.4, 0.5) is 0 Å². The summed E-state index contributed by atoms with van der Waals surface area (Å²) in [5, 5.41) is 2.67. The van der Waals surface area contributed by atoms with Gasteiger partial charge in [-0.05, 0) is 31.0 Å². The van der Waals surface area contributed by atoms with Gasteiger partial charge in [0.25, 0.3) is 0 Å². The molecule has 1 amide bonds. The highest BCUT2D eigenvalue weighted by Crippen LogP contribution is 2.33. The van der Waals surface area contributed by atoms with Crippen LogP contribution in [0.3, 0.4) is 0 Å². The second-order valence-electron chi connectivity index (χ2n) is 7.03. The Morgan fingerprint density at radius 1 is 1.28 bits per heavy atom. The molecule has 1 aromatic carbocycles. The molecule has 1 fully saturated rings. The number of nitrogens with zero attached hydrogens (tertiary/aromatic N) is 2. The highest BCUT2D eigenvalue weighted by atomic mass is 32.2. The Kier molecular flexibility index (Phi) is 6.79. The van der Waals surface area contributed by atoms with E-state index >= 15 is 0 Å². The van der Waals surface area contributed by atoms with Gasteiger partial charge in [-0.1, -0.05) is 6.92 Å². The number of hydrogen-bond donors (Lipinski definition) is 0. The van der Waals surface area contributed by atoms with Gasteiger partial charge < -0.3 is 14.4 Å². The molecule has 0 spiro atoms. The summed E-state index contributed by atoms with van der Waals surface area (Å²) in [7, 11) is 0.129. The van der Waals surface area contributed by atoms with Crippen molar-refractivity contribution in [2.24, 2.45) is 0 Å². The second-order valence-corrected chi connectivity index (χ2v) is 10.1. The molecule has 1 saturated heterocycles. The lowest BCUT2D eigenvalue weighted by Crippen LogP contribution is -2.42. The Hall–Kier alpha value is -2.13. The maximum absolute atomic E-state index is 12.9. The minimum atomic E-state index is -3.04. The first-order valence-corrected chi connectivity index (χ1v) is 12.2. The highest BCUT2D eigenvalue weighted by molar-refractivity contribution is 7.91. The van der Waals surface area contributed by atoms with Crippen molar-refractivity contribution >= 4 is 27.1 Å². The SMILES string of the molecule is CCCN(C(=O)Cc1csc(-c2ccc(OC)c(OC)c2)n1)[C@H]1CCS(=O)(=O)C1. The van der Waals surface area contributed by atoms with Crippen LogP contribution in [-0.4, -0.2) is 62.5 Å². The van der Waals surface area contributed by atoms with Crippen LogP contribution in [0.2, 0.25) is 0 Å².